The lowest BCUT2D eigenvalue weighted by atomic mass is 10.1. The van der Waals surface area contributed by atoms with Crippen molar-refractivity contribution < 1.29 is 17.1 Å². The van der Waals surface area contributed by atoms with Gasteiger partial charge in [0, 0.05) is 25.1 Å². The summed E-state index contributed by atoms with van der Waals surface area (Å²) >= 11 is 3.20. The molecule has 1 unspecified atom stereocenters. The molecule has 0 bridgehead atoms. The van der Waals surface area contributed by atoms with Crippen LogP contribution in [0.4, 0.5) is 15.3 Å². The van der Waals surface area contributed by atoms with Gasteiger partial charge in [0.05, 0.1) is 27.8 Å². The van der Waals surface area contributed by atoms with Crippen LogP contribution < -0.4 is 10.6 Å². The highest BCUT2D eigenvalue weighted by Crippen LogP contribution is 2.33. The van der Waals surface area contributed by atoms with E-state index >= 15 is 0 Å². The second-order valence-corrected chi connectivity index (χ2v) is 6.60. The predicted octanol–water partition coefficient (Wildman–Crippen LogP) is 1.08. The van der Waals surface area contributed by atoms with E-state index in [9.17, 15) is 17.1 Å². The summed E-state index contributed by atoms with van der Waals surface area (Å²) in [6, 6.07) is 0. The fourth-order valence-electron chi connectivity index (χ4n) is 2.06. The summed E-state index contributed by atoms with van der Waals surface area (Å²) in [6.07, 6.45) is 2.89. The number of hydrogen-bond donors (Lipinski definition) is 1. The van der Waals surface area contributed by atoms with Crippen molar-refractivity contribution in [2.45, 2.75) is 6.42 Å². The van der Waals surface area contributed by atoms with E-state index in [2.05, 4.69) is 20.9 Å². The molecule has 1 aliphatic heterocycles. The molecular weight excluding hydrogens is 341 g/mol. The van der Waals surface area contributed by atoms with Gasteiger partial charge in [-0.05, 0) is 15.9 Å². The van der Waals surface area contributed by atoms with Crippen LogP contribution in [-0.2, 0) is 15.0 Å². The van der Waals surface area contributed by atoms with Crippen molar-refractivity contribution >= 4 is 43.4 Å². The Kier molecular flexibility index (Phi) is 3.77. The molecule has 1 amide bonds. The summed E-state index contributed by atoms with van der Waals surface area (Å²) < 4.78 is 34.4. The van der Waals surface area contributed by atoms with Crippen LogP contribution in [0.1, 0.15) is 6.42 Å². The fourth-order valence-corrected chi connectivity index (χ4v) is 3.17. The minimum absolute atomic E-state index is 0.0187. The molecule has 0 radical (unpaired) electrons. The van der Waals surface area contributed by atoms with Crippen LogP contribution in [0.15, 0.2) is 16.9 Å². The van der Waals surface area contributed by atoms with Gasteiger partial charge in [-0.15, -0.1) is 3.89 Å². The van der Waals surface area contributed by atoms with E-state index in [1.165, 1.54) is 17.3 Å². The van der Waals surface area contributed by atoms with E-state index in [0.717, 1.165) is 0 Å². The van der Waals surface area contributed by atoms with Gasteiger partial charge in [0.1, 0.15) is 0 Å². The number of carbonyl (C=O) groups is 1. The lowest BCUT2D eigenvalue weighted by Crippen LogP contribution is -2.26. The molecular formula is C10H11BrFN3O3S. The summed E-state index contributed by atoms with van der Waals surface area (Å²) in [6.45, 7) is 0.115. The van der Waals surface area contributed by atoms with E-state index in [-0.39, 0.29) is 18.9 Å². The second kappa shape index (κ2) is 5.04. The molecule has 0 saturated carbocycles. The molecule has 1 fully saturated rings. The summed E-state index contributed by atoms with van der Waals surface area (Å²) in [5, 5.41) is 0. The number of hydrogen-bond acceptors (Lipinski definition) is 5. The Labute approximate surface area is 118 Å². The second-order valence-electron chi connectivity index (χ2n) is 4.33. The zero-order valence-electron chi connectivity index (χ0n) is 9.71. The van der Waals surface area contributed by atoms with Gasteiger partial charge in [-0.1, -0.05) is 0 Å². The van der Waals surface area contributed by atoms with Crippen LogP contribution in [0.2, 0.25) is 0 Å². The number of nitrogens with two attached hydrogens (primary N) is 1. The molecule has 9 heteroatoms. The molecule has 104 valence electrons. The zero-order chi connectivity index (χ0) is 14.2. The van der Waals surface area contributed by atoms with Gasteiger partial charge >= 0.3 is 10.2 Å². The highest BCUT2D eigenvalue weighted by Gasteiger charge is 2.34. The van der Waals surface area contributed by atoms with Gasteiger partial charge < -0.3 is 10.6 Å². The predicted molar refractivity (Wildman–Crippen MR) is 71.7 cm³/mol. The SMILES string of the molecule is Nc1c(Br)cncc1N1CC(CS(=O)(=O)F)CC1=O. The minimum Gasteiger partial charge on any atom is -0.396 e. The van der Waals surface area contributed by atoms with Crippen LogP contribution in [0.5, 0.6) is 0 Å². The maximum absolute atomic E-state index is 12.6. The number of amides is 1. The Bertz CT molecular complexity index is 622. The van der Waals surface area contributed by atoms with Crippen molar-refractivity contribution in [3.8, 4) is 0 Å². The molecule has 2 rings (SSSR count). The zero-order valence-corrected chi connectivity index (χ0v) is 12.1. The molecule has 1 aliphatic rings. The molecule has 1 aromatic heterocycles. The van der Waals surface area contributed by atoms with E-state index in [1.807, 2.05) is 0 Å². The van der Waals surface area contributed by atoms with Crippen LogP contribution >= 0.6 is 15.9 Å². The molecule has 6 nitrogen and oxygen atoms in total. The highest BCUT2D eigenvalue weighted by atomic mass is 79.9. The molecule has 1 atom stereocenters. The fraction of sp³-hybridized carbons (Fsp3) is 0.400. The first kappa shape index (κ1) is 14.2. The maximum atomic E-state index is 12.6. The third kappa shape index (κ3) is 3.21. The standard InChI is InChI=1S/C10H11BrFN3O3S/c11-7-2-14-3-8(10(7)13)15-4-6(1-9(15)16)5-19(12,17)18/h2-3,6H,1,4-5H2,(H2,13,14). The summed E-state index contributed by atoms with van der Waals surface area (Å²) in [5.74, 6) is -1.52. The average Bonchev–Trinajstić information content (AvgIpc) is 2.61. The molecule has 2 N–H and O–H groups in total. The largest absolute Gasteiger partial charge is 0.396 e. The maximum Gasteiger partial charge on any atom is 0.302 e. The number of halogens is 2. The quantitative estimate of drug-likeness (QED) is 0.822. The Balaban J connectivity index is 2.23. The first-order chi connectivity index (χ1) is 8.78. The molecule has 0 aliphatic carbocycles. The minimum atomic E-state index is -4.59. The highest BCUT2D eigenvalue weighted by molar-refractivity contribution is 9.10. The lowest BCUT2D eigenvalue weighted by Gasteiger charge is -2.18. The molecule has 19 heavy (non-hydrogen) atoms. The van der Waals surface area contributed by atoms with Crippen LogP contribution in [0.3, 0.4) is 0 Å². The Hall–Kier alpha value is -1.22. The normalized spacial score (nSPS) is 20.0. The van der Waals surface area contributed by atoms with Crippen LogP contribution in [-0.4, -0.2) is 31.6 Å². The first-order valence-corrected chi connectivity index (χ1v) is 7.74. The van der Waals surface area contributed by atoms with Crippen molar-refractivity contribution in [3.05, 3.63) is 16.9 Å². The van der Waals surface area contributed by atoms with Gasteiger partial charge in [0.2, 0.25) is 5.91 Å². The van der Waals surface area contributed by atoms with Gasteiger partial charge in [-0.3, -0.25) is 9.78 Å². The van der Waals surface area contributed by atoms with E-state index < -0.39 is 21.9 Å². The number of pyridine rings is 1. The van der Waals surface area contributed by atoms with Gasteiger partial charge in [0.15, 0.2) is 0 Å². The summed E-state index contributed by atoms with van der Waals surface area (Å²) in [4.78, 5) is 17.1. The van der Waals surface area contributed by atoms with E-state index in [1.54, 1.807) is 0 Å². The van der Waals surface area contributed by atoms with Gasteiger partial charge in [-0.25, -0.2) is 0 Å². The number of nitrogen functional groups attached to an aromatic ring is 1. The molecule has 1 saturated heterocycles. The molecule has 2 heterocycles. The number of anilines is 2. The van der Waals surface area contributed by atoms with Crippen molar-refractivity contribution in [2.24, 2.45) is 5.92 Å². The van der Waals surface area contributed by atoms with Crippen LogP contribution in [0, 0.1) is 5.92 Å². The monoisotopic (exact) mass is 351 g/mol. The third-order valence-electron chi connectivity index (χ3n) is 2.85. The summed E-state index contributed by atoms with van der Waals surface area (Å²) in [5.41, 5.74) is 6.57. The number of nitrogens with zero attached hydrogens (tertiary/aromatic N) is 2. The third-order valence-corrected chi connectivity index (χ3v) is 4.35. The topological polar surface area (TPSA) is 93.4 Å². The average molecular weight is 352 g/mol. The van der Waals surface area contributed by atoms with Gasteiger partial charge in [0.25, 0.3) is 0 Å². The van der Waals surface area contributed by atoms with Crippen LogP contribution in [0.25, 0.3) is 0 Å². The lowest BCUT2D eigenvalue weighted by molar-refractivity contribution is -0.117. The summed E-state index contributed by atoms with van der Waals surface area (Å²) in [7, 11) is -4.59. The molecule has 0 aromatic carbocycles. The van der Waals surface area contributed by atoms with Crippen molar-refractivity contribution in [1.29, 1.82) is 0 Å². The van der Waals surface area contributed by atoms with E-state index in [0.29, 0.717) is 15.8 Å². The first-order valence-electron chi connectivity index (χ1n) is 5.39. The number of rotatable bonds is 3. The van der Waals surface area contributed by atoms with E-state index in [4.69, 9.17) is 5.73 Å². The van der Waals surface area contributed by atoms with Gasteiger partial charge in [-0.2, -0.15) is 8.42 Å². The molecule has 1 aromatic rings. The number of carbonyl (C=O) groups excluding carboxylic acids is 1. The van der Waals surface area contributed by atoms with Crippen molar-refractivity contribution in [3.63, 3.8) is 0 Å². The molecule has 0 spiro atoms. The Morgan fingerprint density at radius 1 is 1.53 bits per heavy atom. The Morgan fingerprint density at radius 3 is 2.84 bits per heavy atom. The Morgan fingerprint density at radius 2 is 2.21 bits per heavy atom. The number of aromatic nitrogens is 1. The smallest absolute Gasteiger partial charge is 0.302 e. The van der Waals surface area contributed by atoms with Crippen molar-refractivity contribution in [2.75, 3.05) is 22.9 Å². The van der Waals surface area contributed by atoms with Crippen molar-refractivity contribution in [1.82, 2.24) is 4.98 Å².